The van der Waals surface area contributed by atoms with Gasteiger partial charge in [0.1, 0.15) is 11.1 Å². The van der Waals surface area contributed by atoms with Gasteiger partial charge in [-0.05, 0) is 42.8 Å². The van der Waals surface area contributed by atoms with Crippen molar-refractivity contribution in [3.63, 3.8) is 0 Å². The molecule has 0 aliphatic carbocycles. The molecule has 0 aromatic heterocycles. The molecular weight excluding hydrogens is 413 g/mol. The van der Waals surface area contributed by atoms with Crippen molar-refractivity contribution in [2.24, 2.45) is 4.99 Å². The van der Waals surface area contributed by atoms with Gasteiger partial charge in [-0.15, -0.1) is 0 Å². The van der Waals surface area contributed by atoms with Gasteiger partial charge in [0.2, 0.25) is 11.8 Å². The lowest BCUT2D eigenvalue weighted by Gasteiger charge is -2.31. The van der Waals surface area contributed by atoms with Crippen LogP contribution in [0, 0.1) is 5.82 Å². The van der Waals surface area contributed by atoms with Crippen LogP contribution in [0.3, 0.4) is 0 Å². The number of hydrogen-bond donors (Lipinski definition) is 1. The molecule has 7 heteroatoms. The maximum absolute atomic E-state index is 13.1. The Bertz CT molecular complexity index is 903. The molecule has 1 aliphatic heterocycles. The standard InChI is InChI=1S/C24H28FN3O2S/c1-2-3-4-5-9-16-28-22(29)17-21(23(30)26-20-14-12-18(25)13-15-20)31-24(28)27-19-10-7-6-8-11-19/h6-8,10-15,21H,2-5,9,16-17H2,1H3,(H,26,30). The maximum atomic E-state index is 13.1. The van der Waals surface area contributed by atoms with Crippen LogP contribution in [-0.4, -0.2) is 33.7 Å². The number of aliphatic imine (C=N–C) groups is 1. The van der Waals surface area contributed by atoms with E-state index in [4.69, 9.17) is 0 Å². The second-order valence-corrected chi connectivity index (χ2v) is 8.67. The molecule has 2 aromatic carbocycles. The summed E-state index contributed by atoms with van der Waals surface area (Å²) in [5.41, 5.74) is 1.24. The monoisotopic (exact) mass is 441 g/mol. The Balaban J connectivity index is 1.72. The van der Waals surface area contributed by atoms with Crippen molar-refractivity contribution < 1.29 is 14.0 Å². The van der Waals surface area contributed by atoms with Gasteiger partial charge in [0.05, 0.1) is 5.69 Å². The number of hydrogen-bond acceptors (Lipinski definition) is 4. The number of halogens is 1. The lowest BCUT2D eigenvalue weighted by atomic mass is 10.1. The third kappa shape index (κ3) is 6.92. The Morgan fingerprint density at radius 1 is 1.10 bits per heavy atom. The Hall–Kier alpha value is -2.67. The molecule has 164 valence electrons. The smallest absolute Gasteiger partial charge is 0.238 e. The molecule has 0 saturated carbocycles. The molecule has 1 unspecified atom stereocenters. The number of amidine groups is 1. The lowest BCUT2D eigenvalue weighted by Crippen LogP contribution is -2.45. The van der Waals surface area contributed by atoms with Gasteiger partial charge in [0.25, 0.3) is 0 Å². The number of anilines is 1. The predicted octanol–water partition coefficient (Wildman–Crippen LogP) is 5.76. The maximum Gasteiger partial charge on any atom is 0.238 e. The molecule has 1 aliphatic rings. The summed E-state index contributed by atoms with van der Waals surface area (Å²) >= 11 is 1.31. The Morgan fingerprint density at radius 2 is 1.81 bits per heavy atom. The first-order chi connectivity index (χ1) is 15.1. The fourth-order valence-corrected chi connectivity index (χ4v) is 4.43. The van der Waals surface area contributed by atoms with E-state index in [1.807, 2.05) is 30.3 Å². The summed E-state index contributed by atoms with van der Waals surface area (Å²) in [5.74, 6) is -0.747. The zero-order valence-corrected chi connectivity index (χ0v) is 18.5. The summed E-state index contributed by atoms with van der Waals surface area (Å²) in [4.78, 5) is 32.1. The molecule has 2 amide bonds. The minimum absolute atomic E-state index is 0.0943. The Labute approximate surface area is 187 Å². The first-order valence-electron chi connectivity index (χ1n) is 10.7. The summed E-state index contributed by atoms with van der Waals surface area (Å²) in [6.07, 6.45) is 5.60. The van der Waals surface area contributed by atoms with Gasteiger partial charge in [0.15, 0.2) is 5.17 Å². The van der Waals surface area contributed by atoms with E-state index < -0.39 is 5.25 Å². The predicted molar refractivity (Wildman–Crippen MR) is 125 cm³/mol. The number of amides is 2. The number of carbonyl (C=O) groups excluding carboxylic acids is 2. The molecule has 1 heterocycles. The molecule has 2 aromatic rings. The third-order valence-electron chi connectivity index (χ3n) is 5.01. The van der Waals surface area contributed by atoms with Crippen LogP contribution in [0.4, 0.5) is 15.8 Å². The zero-order valence-electron chi connectivity index (χ0n) is 17.7. The quantitative estimate of drug-likeness (QED) is 0.504. The van der Waals surface area contributed by atoms with Gasteiger partial charge in [-0.3, -0.25) is 14.5 Å². The van der Waals surface area contributed by atoms with Crippen molar-refractivity contribution in [1.29, 1.82) is 0 Å². The van der Waals surface area contributed by atoms with Crippen molar-refractivity contribution in [2.45, 2.75) is 50.7 Å². The number of unbranched alkanes of at least 4 members (excludes halogenated alkanes) is 4. The number of para-hydroxylation sites is 1. The minimum Gasteiger partial charge on any atom is -0.325 e. The summed E-state index contributed by atoms with van der Waals surface area (Å²) < 4.78 is 13.1. The van der Waals surface area contributed by atoms with Crippen LogP contribution in [-0.2, 0) is 9.59 Å². The fourth-order valence-electron chi connectivity index (χ4n) is 3.30. The first-order valence-corrected chi connectivity index (χ1v) is 11.6. The Morgan fingerprint density at radius 3 is 2.52 bits per heavy atom. The highest BCUT2D eigenvalue weighted by molar-refractivity contribution is 8.15. The molecule has 1 N–H and O–H groups in total. The van der Waals surface area contributed by atoms with E-state index in [-0.39, 0.29) is 24.1 Å². The van der Waals surface area contributed by atoms with Crippen LogP contribution in [0.25, 0.3) is 0 Å². The van der Waals surface area contributed by atoms with Crippen molar-refractivity contribution in [3.05, 3.63) is 60.4 Å². The summed E-state index contributed by atoms with van der Waals surface area (Å²) in [6, 6.07) is 15.0. The van der Waals surface area contributed by atoms with Crippen LogP contribution in [0.5, 0.6) is 0 Å². The largest absolute Gasteiger partial charge is 0.325 e. The van der Waals surface area contributed by atoms with Crippen molar-refractivity contribution in [2.75, 3.05) is 11.9 Å². The van der Waals surface area contributed by atoms with E-state index in [0.717, 1.165) is 24.9 Å². The fraction of sp³-hybridized carbons (Fsp3) is 0.375. The topological polar surface area (TPSA) is 61.8 Å². The number of nitrogens with zero attached hydrogens (tertiary/aromatic N) is 2. The van der Waals surface area contributed by atoms with Crippen molar-refractivity contribution in [3.8, 4) is 0 Å². The molecule has 1 saturated heterocycles. The van der Waals surface area contributed by atoms with Gasteiger partial charge in [0, 0.05) is 18.7 Å². The first kappa shape index (κ1) is 23.0. The molecular formula is C24H28FN3O2S. The van der Waals surface area contributed by atoms with Crippen LogP contribution in [0.1, 0.15) is 45.4 Å². The van der Waals surface area contributed by atoms with Crippen LogP contribution < -0.4 is 5.32 Å². The summed E-state index contributed by atoms with van der Waals surface area (Å²) in [7, 11) is 0. The van der Waals surface area contributed by atoms with Gasteiger partial charge < -0.3 is 5.32 Å². The normalized spacial score (nSPS) is 17.7. The number of nitrogens with one attached hydrogen (secondary N) is 1. The second kappa shape index (κ2) is 11.6. The highest BCUT2D eigenvalue weighted by atomic mass is 32.2. The van der Waals surface area contributed by atoms with E-state index in [2.05, 4.69) is 17.2 Å². The molecule has 0 radical (unpaired) electrons. The Kier molecular flexibility index (Phi) is 8.64. The highest BCUT2D eigenvalue weighted by Crippen LogP contribution is 2.30. The zero-order chi connectivity index (χ0) is 22.1. The van der Waals surface area contributed by atoms with Gasteiger partial charge in [-0.25, -0.2) is 9.38 Å². The average Bonchev–Trinajstić information content (AvgIpc) is 2.77. The minimum atomic E-state index is -0.587. The number of benzene rings is 2. The average molecular weight is 442 g/mol. The molecule has 5 nitrogen and oxygen atoms in total. The molecule has 1 atom stereocenters. The van der Waals surface area contributed by atoms with Crippen LogP contribution in [0.2, 0.25) is 0 Å². The van der Waals surface area contributed by atoms with Gasteiger partial charge in [-0.1, -0.05) is 62.6 Å². The number of thioether (sulfide) groups is 1. The van der Waals surface area contributed by atoms with E-state index in [1.54, 1.807) is 4.90 Å². The van der Waals surface area contributed by atoms with Gasteiger partial charge in [-0.2, -0.15) is 0 Å². The van der Waals surface area contributed by atoms with Crippen molar-refractivity contribution in [1.82, 2.24) is 4.90 Å². The van der Waals surface area contributed by atoms with E-state index in [1.165, 1.54) is 48.9 Å². The second-order valence-electron chi connectivity index (χ2n) is 7.50. The third-order valence-corrected chi connectivity index (χ3v) is 6.20. The molecule has 0 spiro atoms. The van der Waals surface area contributed by atoms with Crippen molar-refractivity contribution >= 4 is 40.1 Å². The molecule has 1 fully saturated rings. The van der Waals surface area contributed by atoms with Crippen LogP contribution in [0.15, 0.2) is 59.6 Å². The number of rotatable bonds is 9. The molecule has 0 bridgehead atoms. The van der Waals surface area contributed by atoms with E-state index in [9.17, 15) is 14.0 Å². The molecule has 3 rings (SSSR count). The van der Waals surface area contributed by atoms with Crippen LogP contribution >= 0.6 is 11.8 Å². The summed E-state index contributed by atoms with van der Waals surface area (Å²) in [5, 5.41) is 2.74. The van der Waals surface area contributed by atoms with Gasteiger partial charge >= 0.3 is 0 Å². The molecule has 31 heavy (non-hydrogen) atoms. The SMILES string of the molecule is CCCCCCCN1C(=O)CC(C(=O)Nc2ccc(F)cc2)SC1=Nc1ccccc1. The lowest BCUT2D eigenvalue weighted by molar-refractivity contribution is -0.129. The highest BCUT2D eigenvalue weighted by Gasteiger charge is 2.35. The number of carbonyl (C=O) groups is 2. The van der Waals surface area contributed by atoms with E-state index >= 15 is 0 Å². The van der Waals surface area contributed by atoms with E-state index in [0.29, 0.717) is 17.4 Å². The summed E-state index contributed by atoms with van der Waals surface area (Å²) in [6.45, 7) is 2.78.